The summed E-state index contributed by atoms with van der Waals surface area (Å²) in [6.07, 6.45) is -5.04. The van der Waals surface area contributed by atoms with E-state index in [1.54, 1.807) is 6.92 Å². The second-order valence-electron chi connectivity index (χ2n) is 6.72. The SMILES string of the molecule is COCCOc1cc2c(NCc3cc(F)cc(C(F)(F)F)c3F)nc(C)nc2cc1C#N. The van der Waals surface area contributed by atoms with E-state index in [-0.39, 0.29) is 36.4 Å². The number of aromatic nitrogens is 2. The van der Waals surface area contributed by atoms with E-state index in [2.05, 4.69) is 15.3 Å². The first-order valence-electron chi connectivity index (χ1n) is 9.27. The van der Waals surface area contributed by atoms with E-state index in [0.29, 0.717) is 22.8 Å². The van der Waals surface area contributed by atoms with E-state index >= 15 is 0 Å². The Hall–Kier alpha value is -3.52. The molecule has 0 aliphatic rings. The maximum absolute atomic E-state index is 14.4. The fourth-order valence-corrected chi connectivity index (χ4v) is 3.01. The van der Waals surface area contributed by atoms with Crippen molar-refractivity contribution in [1.29, 1.82) is 5.26 Å². The summed E-state index contributed by atoms with van der Waals surface area (Å²) in [4.78, 5) is 8.46. The number of ether oxygens (including phenoxy) is 2. The van der Waals surface area contributed by atoms with E-state index in [9.17, 15) is 27.2 Å². The number of hydrogen-bond donors (Lipinski definition) is 1. The van der Waals surface area contributed by atoms with Crippen molar-refractivity contribution in [2.24, 2.45) is 0 Å². The number of methoxy groups -OCH3 is 1. The molecule has 0 bridgehead atoms. The standard InChI is InChI=1S/C21H17F5N4O2/c1-11-29-17-6-12(9-27)18(32-4-3-31-2)8-15(17)20(30-11)28-10-13-5-14(22)7-16(19(13)23)21(24,25)26/h5-8H,3-4,10H2,1-2H3,(H,28,29,30). The van der Waals surface area contributed by atoms with Crippen LogP contribution in [0.4, 0.5) is 27.8 Å². The van der Waals surface area contributed by atoms with Crippen LogP contribution in [0.1, 0.15) is 22.5 Å². The van der Waals surface area contributed by atoms with Crippen molar-refractivity contribution in [1.82, 2.24) is 9.97 Å². The quantitative estimate of drug-likeness (QED) is 0.412. The van der Waals surface area contributed by atoms with Crippen LogP contribution in [0.5, 0.6) is 5.75 Å². The number of anilines is 1. The number of alkyl halides is 3. The molecule has 32 heavy (non-hydrogen) atoms. The van der Waals surface area contributed by atoms with Crippen molar-refractivity contribution in [2.75, 3.05) is 25.6 Å². The third kappa shape index (κ3) is 5.03. The molecular formula is C21H17F5N4O2. The number of nitrogens with zero attached hydrogens (tertiary/aromatic N) is 3. The largest absolute Gasteiger partial charge is 0.490 e. The van der Waals surface area contributed by atoms with Crippen molar-refractivity contribution in [2.45, 2.75) is 19.6 Å². The second-order valence-corrected chi connectivity index (χ2v) is 6.72. The van der Waals surface area contributed by atoms with Gasteiger partial charge >= 0.3 is 6.18 Å². The van der Waals surface area contributed by atoms with Crippen LogP contribution in [-0.4, -0.2) is 30.3 Å². The van der Waals surface area contributed by atoms with Gasteiger partial charge in [-0.2, -0.15) is 18.4 Å². The molecule has 0 spiro atoms. The average Bonchev–Trinajstić information content (AvgIpc) is 2.72. The third-order valence-corrected chi connectivity index (χ3v) is 4.44. The summed E-state index contributed by atoms with van der Waals surface area (Å²) in [5.74, 6) is -2.11. The molecule has 2 aromatic carbocycles. The molecular weight excluding hydrogens is 435 g/mol. The molecule has 0 unspecified atom stereocenters. The second kappa shape index (κ2) is 9.32. The number of hydrogen-bond acceptors (Lipinski definition) is 6. The Morgan fingerprint density at radius 3 is 2.50 bits per heavy atom. The van der Waals surface area contributed by atoms with Crippen LogP contribution >= 0.6 is 0 Å². The van der Waals surface area contributed by atoms with E-state index in [4.69, 9.17) is 9.47 Å². The van der Waals surface area contributed by atoms with Crippen molar-refractivity contribution in [3.05, 3.63) is 58.4 Å². The lowest BCUT2D eigenvalue weighted by Gasteiger charge is -2.15. The van der Waals surface area contributed by atoms with Gasteiger partial charge in [0.25, 0.3) is 0 Å². The minimum atomic E-state index is -5.04. The van der Waals surface area contributed by atoms with E-state index in [1.165, 1.54) is 19.2 Å². The normalized spacial score (nSPS) is 11.4. The highest BCUT2D eigenvalue weighted by molar-refractivity contribution is 5.91. The topological polar surface area (TPSA) is 80.1 Å². The predicted molar refractivity (Wildman–Crippen MR) is 105 cm³/mol. The first-order chi connectivity index (χ1) is 15.1. The summed E-state index contributed by atoms with van der Waals surface area (Å²) in [5, 5.41) is 12.5. The highest BCUT2D eigenvalue weighted by Gasteiger charge is 2.35. The number of halogens is 5. The molecule has 3 aromatic rings. The molecule has 11 heteroatoms. The Bertz CT molecular complexity index is 1190. The van der Waals surface area contributed by atoms with Crippen molar-refractivity contribution in [3.8, 4) is 11.8 Å². The fourth-order valence-electron chi connectivity index (χ4n) is 3.01. The lowest BCUT2D eigenvalue weighted by Crippen LogP contribution is -2.13. The maximum atomic E-state index is 14.4. The molecule has 6 nitrogen and oxygen atoms in total. The number of benzene rings is 2. The van der Waals surface area contributed by atoms with Crippen LogP contribution in [0.3, 0.4) is 0 Å². The van der Waals surface area contributed by atoms with Crippen molar-refractivity contribution >= 4 is 16.7 Å². The van der Waals surface area contributed by atoms with Gasteiger partial charge in [-0.15, -0.1) is 0 Å². The molecule has 168 valence electrons. The van der Waals surface area contributed by atoms with Crippen LogP contribution in [-0.2, 0) is 17.5 Å². The molecule has 0 aliphatic heterocycles. The van der Waals surface area contributed by atoms with Crippen LogP contribution in [0, 0.1) is 29.9 Å². The predicted octanol–water partition coefficient (Wildman–Crippen LogP) is 4.74. The summed E-state index contributed by atoms with van der Waals surface area (Å²) in [5.41, 5.74) is -1.63. The number of nitriles is 1. The van der Waals surface area contributed by atoms with Gasteiger partial charge in [-0.25, -0.2) is 18.7 Å². The molecule has 0 amide bonds. The highest BCUT2D eigenvalue weighted by atomic mass is 19.4. The van der Waals surface area contributed by atoms with Gasteiger partial charge in [0, 0.05) is 24.6 Å². The van der Waals surface area contributed by atoms with Gasteiger partial charge in [0.15, 0.2) is 0 Å². The lowest BCUT2D eigenvalue weighted by atomic mass is 10.1. The number of fused-ring (bicyclic) bond motifs is 1. The van der Waals surface area contributed by atoms with Gasteiger partial charge < -0.3 is 14.8 Å². The Labute approximate surface area is 179 Å². The lowest BCUT2D eigenvalue weighted by molar-refractivity contribution is -0.140. The van der Waals surface area contributed by atoms with Gasteiger partial charge in [-0.1, -0.05) is 0 Å². The zero-order valence-corrected chi connectivity index (χ0v) is 17.0. The molecule has 0 saturated carbocycles. The average molecular weight is 452 g/mol. The zero-order valence-electron chi connectivity index (χ0n) is 17.0. The first-order valence-corrected chi connectivity index (χ1v) is 9.27. The van der Waals surface area contributed by atoms with Crippen LogP contribution in [0.2, 0.25) is 0 Å². The summed E-state index contributed by atoms with van der Waals surface area (Å²) in [7, 11) is 1.49. The molecule has 0 aliphatic carbocycles. The zero-order chi connectivity index (χ0) is 23.5. The fraction of sp³-hybridized carbons (Fsp3) is 0.286. The number of nitrogens with one attached hydrogen (secondary N) is 1. The molecule has 1 N–H and O–H groups in total. The monoisotopic (exact) mass is 452 g/mol. The minimum Gasteiger partial charge on any atom is -0.490 e. The molecule has 0 fully saturated rings. The summed E-state index contributed by atoms with van der Waals surface area (Å²) in [6, 6.07) is 5.76. The molecule has 1 heterocycles. The van der Waals surface area contributed by atoms with E-state index in [0.717, 1.165) is 0 Å². The molecule has 0 radical (unpaired) electrons. The minimum absolute atomic E-state index is 0.107. The molecule has 1 aromatic heterocycles. The molecule has 0 saturated heterocycles. The Morgan fingerprint density at radius 2 is 1.84 bits per heavy atom. The van der Waals surface area contributed by atoms with Crippen LogP contribution < -0.4 is 10.1 Å². The van der Waals surface area contributed by atoms with E-state index in [1.807, 2.05) is 6.07 Å². The molecule has 3 rings (SSSR count). The summed E-state index contributed by atoms with van der Waals surface area (Å²) in [6.45, 7) is 1.54. The van der Waals surface area contributed by atoms with Crippen LogP contribution in [0.25, 0.3) is 10.9 Å². The van der Waals surface area contributed by atoms with Gasteiger partial charge in [0.1, 0.15) is 41.7 Å². The Morgan fingerprint density at radius 1 is 1.09 bits per heavy atom. The Balaban J connectivity index is 2.00. The smallest absolute Gasteiger partial charge is 0.419 e. The van der Waals surface area contributed by atoms with Crippen molar-refractivity contribution < 1.29 is 31.4 Å². The van der Waals surface area contributed by atoms with Crippen LogP contribution in [0.15, 0.2) is 24.3 Å². The van der Waals surface area contributed by atoms with Gasteiger partial charge in [-0.05, 0) is 31.2 Å². The maximum Gasteiger partial charge on any atom is 0.419 e. The van der Waals surface area contributed by atoms with Gasteiger partial charge in [0.05, 0.1) is 23.3 Å². The molecule has 0 atom stereocenters. The summed E-state index contributed by atoms with van der Waals surface area (Å²) < 4.78 is 77.4. The Kier molecular flexibility index (Phi) is 6.74. The summed E-state index contributed by atoms with van der Waals surface area (Å²) >= 11 is 0. The van der Waals surface area contributed by atoms with Crippen molar-refractivity contribution in [3.63, 3.8) is 0 Å². The third-order valence-electron chi connectivity index (χ3n) is 4.44. The van der Waals surface area contributed by atoms with Gasteiger partial charge in [-0.3, -0.25) is 0 Å². The van der Waals surface area contributed by atoms with Gasteiger partial charge in [0.2, 0.25) is 0 Å². The van der Waals surface area contributed by atoms with E-state index < -0.39 is 35.5 Å². The number of rotatable bonds is 7. The number of aryl methyl sites for hydroxylation is 1. The highest BCUT2D eigenvalue weighted by Crippen LogP contribution is 2.34. The first kappa shape index (κ1) is 23.1.